The Kier molecular flexibility index (Phi) is 4.60. The summed E-state index contributed by atoms with van der Waals surface area (Å²) in [6.07, 6.45) is 0. The third kappa shape index (κ3) is 3.23. The van der Waals surface area contributed by atoms with Gasteiger partial charge in [-0.1, -0.05) is 0 Å². The Labute approximate surface area is 152 Å². The summed E-state index contributed by atoms with van der Waals surface area (Å²) in [5.41, 5.74) is 1.25. The van der Waals surface area contributed by atoms with E-state index in [1.807, 2.05) is 13.8 Å². The van der Waals surface area contributed by atoms with Gasteiger partial charge in [-0.25, -0.2) is 9.78 Å². The highest BCUT2D eigenvalue weighted by Crippen LogP contribution is 2.26. The maximum atomic E-state index is 12.8. The highest BCUT2D eigenvalue weighted by Gasteiger charge is 2.16. The maximum absolute atomic E-state index is 12.8. The number of nitrogens with zero attached hydrogens (tertiary/aromatic N) is 2. The fraction of sp³-hybridized carbons (Fsp3) is 0.222. The van der Waals surface area contributed by atoms with Crippen molar-refractivity contribution in [2.45, 2.75) is 27.3 Å². The molecule has 1 aromatic carbocycles. The van der Waals surface area contributed by atoms with E-state index in [0.29, 0.717) is 21.7 Å². The second-order valence-electron chi connectivity index (χ2n) is 5.94. The van der Waals surface area contributed by atoms with Crippen molar-refractivity contribution in [3.63, 3.8) is 0 Å². The first-order valence-electron chi connectivity index (χ1n) is 7.88. The summed E-state index contributed by atoms with van der Waals surface area (Å²) in [4.78, 5) is 42.1. The normalized spacial score (nSPS) is 10.9. The van der Waals surface area contributed by atoms with Crippen molar-refractivity contribution < 1.29 is 14.7 Å². The summed E-state index contributed by atoms with van der Waals surface area (Å²) in [7, 11) is 0. The number of carbonyl (C=O) groups is 2. The van der Waals surface area contributed by atoms with Gasteiger partial charge in [-0.2, -0.15) is 0 Å². The van der Waals surface area contributed by atoms with Crippen molar-refractivity contribution in [2.75, 3.05) is 5.32 Å². The molecule has 0 spiro atoms. The minimum Gasteiger partial charge on any atom is -0.478 e. The van der Waals surface area contributed by atoms with Crippen LogP contribution in [-0.2, 0) is 11.3 Å². The number of thiophene rings is 1. The molecule has 8 heteroatoms. The molecule has 26 heavy (non-hydrogen) atoms. The minimum absolute atomic E-state index is 0.132. The molecular weight excluding hydrogens is 354 g/mol. The van der Waals surface area contributed by atoms with Crippen molar-refractivity contribution in [1.82, 2.24) is 9.55 Å². The predicted molar refractivity (Wildman–Crippen MR) is 100 cm³/mol. The van der Waals surface area contributed by atoms with Gasteiger partial charge >= 0.3 is 5.97 Å². The topological polar surface area (TPSA) is 101 Å². The van der Waals surface area contributed by atoms with Crippen molar-refractivity contribution in [2.24, 2.45) is 0 Å². The van der Waals surface area contributed by atoms with Crippen LogP contribution in [0.4, 0.5) is 5.69 Å². The van der Waals surface area contributed by atoms with E-state index in [0.717, 1.165) is 10.4 Å². The number of carbonyl (C=O) groups excluding carboxylic acids is 1. The summed E-state index contributed by atoms with van der Waals surface area (Å²) < 4.78 is 1.35. The molecule has 0 saturated carbocycles. The number of carboxylic acid groups (broad SMARTS) is 1. The number of nitrogens with one attached hydrogen (secondary N) is 1. The number of rotatable bonds is 4. The Morgan fingerprint density at radius 1 is 1.19 bits per heavy atom. The van der Waals surface area contributed by atoms with E-state index in [1.54, 1.807) is 6.92 Å². The van der Waals surface area contributed by atoms with Gasteiger partial charge in [0.25, 0.3) is 5.56 Å². The lowest BCUT2D eigenvalue weighted by Crippen LogP contribution is -2.30. The third-order valence-corrected chi connectivity index (χ3v) is 5.30. The molecular formula is C18H17N3O4S. The average molecular weight is 371 g/mol. The zero-order chi connectivity index (χ0) is 19.0. The highest BCUT2D eigenvalue weighted by molar-refractivity contribution is 7.18. The molecule has 134 valence electrons. The first kappa shape index (κ1) is 17.8. The van der Waals surface area contributed by atoms with Crippen LogP contribution in [0.3, 0.4) is 0 Å². The lowest BCUT2D eigenvalue weighted by molar-refractivity contribution is -0.116. The van der Waals surface area contributed by atoms with Gasteiger partial charge in [-0.15, -0.1) is 11.3 Å². The van der Waals surface area contributed by atoms with Crippen LogP contribution in [0.25, 0.3) is 10.2 Å². The molecule has 2 N–H and O–H groups in total. The molecule has 0 aliphatic heterocycles. The maximum Gasteiger partial charge on any atom is 0.335 e. The van der Waals surface area contributed by atoms with E-state index >= 15 is 0 Å². The van der Waals surface area contributed by atoms with Crippen LogP contribution >= 0.6 is 11.3 Å². The lowest BCUT2D eigenvalue weighted by atomic mass is 10.2. The Morgan fingerprint density at radius 2 is 1.85 bits per heavy atom. The van der Waals surface area contributed by atoms with Crippen molar-refractivity contribution in [3.05, 3.63) is 56.4 Å². The number of aromatic carboxylic acids is 1. The molecule has 7 nitrogen and oxygen atoms in total. The number of fused-ring (bicyclic) bond motifs is 1. The molecule has 0 saturated heterocycles. The molecule has 2 aromatic heterocycles. The van der Waals surface area contributed by atoms with Gasteiger partial charge in [0.2, 0.25) is 5.91 Å². The number of hydrogen-bond donors (Lipinski definition) is 2. The van der Waals surface area contributed by atoms with Gasteiger partial charge in [0.1, 0.15) is 17.2 Å². The second kappa shape index (κ2) is 6.72. The largest absolute Gasteiger partial charge is 0.478 e. The molecule has 1 amide bonds. The van der Waals surface area contributed by atoms with E-state index in [2.05, 4.69) is 10.3 Å². The Balaban J connectivity index is 1.86. The molecule has 3 rings (SSSR count). The van der Waals surface area contributed by atoms with Gasteiger partial charge in [-0.3, -0.25) is 14.2 Å². The fourth-order valence-electron chi connectivity index (χ4n) is 2.66. The van der Waals surface area contributed by atoms with Crippen LogP contribution in [0, 0.1) is 20.8 Å². The number of anilines is 1. The lowest BCUT2D eigenvalue weighted by Gasteiger charge is -2.10. The highest BCUT2D eigenvalue weighted by atomic mass is 32.1. The van der Waals surface area contributed by atoms with Gasteiger partial charge in [0.15, 0.2) is 0 Å². The molecule has 0 aliphatic carbocycles. The molecule has 0 aliphatic rings. The molecule has 0 bridgehead atoms. The summed E-state index contributed by atoms with van der Waals surface area (Å²) in [6, 6.07) is 5.82. The van der Waals surface area contributed by atoms with Gasteiger partial charge < -0.3 is 10.4 Å². The first-order chi connectivity index (χ1) is 12.3. The van der Waals surface area contributed by atoms with Crippen molar-refractivity contribution >= 4 is 39.1 Å². The molecule has 0 atom stereocenters. The van der Waals surface area contributed by atoms with E-state index < -0.39 is 5.97 Å². The number of amides is 1. The van der Waals surface area contributed by atoms with Crippen LogP contribution in [0.1, 0.15) is 26.6 Å². The Hall–Kier alpha value is -3.00. The van der Waals surface area contributed by atoms with Gasteiger partial charge in [0, 0.05) is 10.6 Å². The number of aryl methyl sites for hydroxylation is 3. The van der Waals surface area contributed by atoms with E-state index in [9.17, 15) is 14.4 Å². The number of benzene rings is 1. The quantitative estimate of drug-likeness (QED) is 0.734. The Bertz CT molecular complexity index is 1080. The third-order valence-electron chi connectivity index (χ3n) is 4.20. The minimum atomic E-state index is -1.04. The Morgan fingerprint density at radius 3 is 2.46 bits per heavy atom. The van der Waals surface area contributed by atoms with E-state index in [4.69, 9.17) is 5.11 Å². The monoisotopic (exact) mass is 371 g/mol. The predicted octanol–water partition coefficient (Wildman–Crippen LogP) is 2.72. The number of hydrogen-bond acceptors (Lipinski definition) is 5. The van der Waals surface area contributed by atoms with E-state index in [1.165, 1.54) is 40.2 Å². The van der Waals surface area contributed by atoms with Crippen molar-refractivity contribution in [3.8, 4) is 0 Å². The molecule has 0 unspecified atom stereocenters. The van der Waals surface area contributed by atoms with Gasteiger partial charge in [-0.05, 0) is 50.6 Å². The molecule has 0 radical (unpaired) electrons. The second-order valence-corrected chi connectivity index (χ2v) is 7.15. The number of aromatic nitrogens is 2. The SMILES string of the molecule is Cc1sc2nc(C)n(CC(=O)Nc3ccc(C(=O)O)cc3)c(=O)c2c1C. The van der Waals surface area contributed by atoms with Gasteiger partial charge in [0.05, 0.1) is 10.9 Å². The molecule has 0 fully saturated rings. The smallest absolute Gasteiger partial charge is 0.335 e. The zero-order valence-corrected chi connectivity index (χ0v) is 15.3. The standard InChI is InChI=1S/C18H17N3O4S/c1-9-10(2)26-16-15(9)17(23)21(11(3)19-16)8-14(22)20-13-6-4-12(5-7-13)18(24)25/h4-7H,8H2,1-3H3,(H,20,22)(H,24,25). The van der Waals surface area contributed by atoms with Crippen LogP contribution in [-0.4, -0.2) is 26.5 Å². The zero-order valence-electron chi connectivity index (χ0n) is 14.5. The van der Waals surface area contributed by atoms with Crippen LogP contribution in [0.15, 0.2) is 29.1 Å². The van der Waals surface area contributed by atoms with Crippen LogP contribution in [0.5, 0.6) is 0 Å². The fourth-order valence-corrected chi connectivity index (χ4v) is 3.72. The summed E-state index contributed by atoms with van der Waals surface area (Å²) >= 11 is 1.47. The summed E-state index contributed by atoms with van der Waals surface area (Å²) in [5, 5.41) is 12.1. The number of carboxylic acids is 1. The van der Waals surface area contributed by atoms with Crippen LogP contribution < -0.4 is 10.9 Å². The van der Waals surface area contributed by atoms with Crippen molar-refractivity contribution in [1.29, 1.82) is 0 Å². The average Bonchev–Trinajstić information content (AvgIpc) is 2.86. The molecule has 3 aromatic rings. The summed E-state index contributed by atoms with van der Waals surface area (Å²) in [5.74, 6) is -0.949. The summed E-state index contributed by atoms with van der Waals surface area (Å²) in [6.45, 7) is 5.35. The molecule has 2 heterocycles. The first-order valence-corrected chi connectivity index (χ1v) is 8.70. The van der Waals surface area contributed by atoms with Crippen LogP contribution in [0.2, 0.25) is 0 Å². The van der Waals surface area contributed by atoms with E-state index in [-0.39, 0.29) is 23.6 Å².